The van der Waals surface area contributed by atoms with Gasteiger partial charge in [-0.2, -0.15) is 5.10 Å². The molecule has 0 amide bonds. The Bertz CT molecular complexity index is 1340. The van der Waals surface area contributed by atoms with Crippen LogP contribution in [0.1, 0.15) is 18.9 Å². The Morgan fingerprint density at radius 2 is 1.85 bits per heavy atom. The SMILES string of the molecule is Nc1ncnc2c1c(-c1ccc(Oc3ccccc3)cc1)nn2C1CCCN(C=CS(=O)O)C1. The molecule has 0 aliphatic carbocycles. The average Bonchev–Trinajstić information content (AvgIpc) is 3.25. The molecule has 0 saturated carbocycles. The van der Waals surface area contributed by atoms with E-state index in [0.717, 1.165) is 36.4 Å². The van der Waals surface area contributed by atoms with Crippen LogP contribution in [0, 0.1) is 0 Å². The second-order valence-corrected chi connectivity index (χ2v) is 8.87. The van der Waals surface area contributed by atoms with Gasteiger partial charge in [-0.1, -0.05) is 18.2 Å². The van der Waals surface area contributed by atoms with Crippen molar-refractivity contribution in [2.45, 2.75) is 18.9 Å². The number of nitrogens with zero attached hydrogens (tertiary/aromatic N) is 5. The van der Waals surface area contributed by atoms with Crippen LogP contribution >= 0.6 is 0 Å². The number of benzene rings is 2. The molecule has 0 spiro atoms. The molecule has 5 rings (SSSR count). The predicted octanol–water partition coefficient (Wildman–Crippen LogP) is 4.20. The van der Waals surface area contributed by atoms with Gasteiger partial charge in [-0.15, -0.1) is 0 Å². The first-order valence-corrected chi connectivity index (χ1v) is 12.1. The summed E-state index contributed by atoms with van der Waals surface area (Å²) in [6.45, 7) is 1.47. The van der Waals surface area contributed by atoms with Gasteiger partial charge >= 0.3 is 0 Å². The van der Waals surface area contributed by atoms with Gasteiger partial charge in [0.05, 0.1) is 11.4 Å². The molecule has 3 N–H and O–H groups in total. The number of ether oxygens (including phenoxy) is 1. The van der Waals surface area contributed by atoms with Crippen molar-refractivity contribution in [1.82, 2.24) is 24.6 Å². The van der Waals surface area contributed by atoms with Gasteiger partial charge in [0.25, 0.3) is 0 Å². The Labute approximate surface area is 199 Å². The molecular weight excluding hydrogens is 452 g/mol. The summed E-state index contributed by atoms with van der Waals surface area (Å²) in [7, 11) is 0. The third kappa shape index (κ3) is 4.63. The van der Waals surface area contributed by atoms with Crippen LogP contribution in [-0.2, 0) is 11.1 Å². The molecule has 2 atom stereocenters. The molecule has 174 valence electrons. The first kappa shape index (κ1) is 22.1. The summed E-state index contributed by atoms with van der Waals surface area (Å²) in [5, 5.41) is 6.90. The van der Waals surface area contributed by atoms with Crippen LogP contribution in [0.25, 0.3) is 22.3 Å². The minimum absolute atomic E-state index is 0.0387. The van der Waals surface area contributed by atoms with Gasteiger partial charge in [-0.05, 0) is 49.2 Å². The maximum atomic E-state index is 11.0. The second kappa shape index (κ2) is 9.62. The van der Waals surface area contributed by atoms with E-state index in [2.05, 4.69) is 9.97 Å². The van der Waals surface area contributed by atoms with Crippen LogP contribution in [-0.4, -0.2) is 46.5 Å². The third-order valence-electron chi connectivity index (χ3n) is 5.79. The molecule has 2 aromatic carbocycles. The van der Waals surface area contributed by atoms with Gasteiger partial charge in [0.2, 0.25) is 0 Å². The smallest absolute Gasteiger partial charge is 0.180 e. The van der Waals surface area contributed by atoms with E-state index in [0.29, 0.717) is 29.1 Å². The van der Waals surface area contributed by atoms with E-state index in [9.17, 15) is 4.21 Å². The molecule has 1 aliphatic rings. The maximum absolute atomic E-state index is 11.0. The Kier molecular flexibility index (Phi) is 6.24. The van der Waals surface area contributed by atoms with Crippen LogP contribution in [0.5, 0.6) is 11.5 Å². The summed E-state index contributed by atoms with van der Waals surface area (Å²) in [5.41, 5.74) is 8.53. The van der Waals surface area contributed by atoms with Crippen molar-refractivity contribution >= 4 is 27.9 Å². The zero-order valence-electron chi connectivity index (χ0n) is 18.3. The van der Waals surface area contributed by atoms with Crippen molar-refractivity contribution < 1.29 is 13.5 Å². The standard InChI is InChI=1S/C24H24N6O3S/c25-23-21-22(17-8-10-20(11-9-17)33-19-6-2-1-3-7-19)28-30(24(21)27-16-26-23)18-5-4-12-29(15-18)13-14-34(31)32/h1-3,6-11,13-14,16,18H,4-5,12,15H2,(H,31,32)(H2,25,26,27). The molecule has 1 fully saturated rings. The van der Waals surface area contributed by atoms with E-state index in [4.69, 9.17) is 20.1 Å². The second-order valence-electron chi connectivity index (χ2n) is 8.04. The maximum Gasteiger partial charge on any atom is 0.180 e. The lowest BCUT2D eigenvalue weighted by Crippen LogP contribution is -2.33. The number of fused-ring (bicyclic) bond motifs is 1. The Hall–Kier alpha value is -3.76. The molecule has 4 aromatic rings. The van der Waals surface area contributed by atoms with Gasteiger partial charge < -0.3 is 19.9 Å². The van der Waals surface area contributed by atoms with Crippen LogP contribution in [0.3, 0.4) is 0 Å². The number of hydrogen-bond acceptors (Lipinski definition) is 7. The number of nitrogen functional groups attached to an aromatic ring is 1. The minimum Gasteiger partial charge on any atom is -0.457 e. The lowest BCUT2D eigenvalue weighted by Gasteiger charge is -2.31. The van der Waals surface area contributed by atoms with Gasteiger partial charge in [0.15, 0.2) is 16.7 Å². The van der Waals surface area contributed by atoms with Crippen LogP contribution in [0.15, 0.2) is 72.5 Å². The van der Waals surface area contributed by atoms with Gasteiger partial charge in [0, 0.05) is 30.3 Å². The summed E-state index contributed by atoms with van der Waals surface area (Å²) in [6, 6.07) is 17.3. The minimum atomic E-state index is -1.98. The lowest BCUT2D eigenvalue weighted by atomic mass is 10.1. The number of anilines is 1. The summed E-state index contributed by atoms with van der Waals surface area (Å²) in [6.07, 6.45) is 4.96. The lowest BCUT2D eigenvalue weighted by molar-refractivity contribution is 0.228. The highest BCUT2D eigenvalue weighted by atomic mass is 32.2. The summed E-state index contributed by atoms with van der Waals surface area (Å²) in [5.74, 6) is 1.86. The summed E-state index contributed by atoms with van der Waals surface area (Å²) in [4.78, 5) is 10.7. The molecule has 3 heterocycles. The first-order valence-electron chi connectivity index (χ1n) is 10.9. The summed E-state index contributed by atoms with van der Waals surface area (Å²) < 4.78 is 27.9. The molecule has 0 radical (unpaired) electrons. The van der Waals surface area contributed by atoms with Gasteiger partial charge in [0.1, 0.15) is 29.3 Å². The number of piperidine rings is 1. The summed E-state index contributed by atoms with van der Waals surface area (Å²) >= 11 is -1.98. The van der Waals surface area contributed by atoms with Crippen molar-refractivity contribution in [2.75, 3.05) is 18.8 Å². The van der Waals surface area contributed by atoms with E-state index < -0.39 is 11.1 Å². The first-order chi connectivity index (χ1) is 16.6. The van der Waals surface area contributed by atoms with E-state index in [1.54, 1.807) is 6.20 Å². The largest absolute Gasteiger partial charge is 0.457 e. The predicted molar refractivity (Wildman–Crippen MR) is 131 cm³/mol. The van der Waals surface area contributed by atoms with Crippen LogP contribution in [0.2, 0.25) is 0 Å². The Morgan fingerprint density at radius 1 is 1.09 bits per heavy atom. The van der Waals surface area contributed by atoms with Gasteiger partial charge in [-0.3, -0.25) is 0 Å². The van der Waals surface area contributed by atoms with Crippen molar-refractivity contribution in [3.8, 4) is 22.8 Å². The molecule has 1 saturated heterocycles. The number of likely N-dealkylation sites (tertiary alicyclic amines) is 1. The monoisotopic (exact) mass is 476 g/mol. The number of aromatic nitrogens is 4. The zero-order valence-corrected chi connectivity index (χ0v) is 19.1. The van der Waals surface area contributed by atoms with E-state index in [1.807, 2.05) is 64.2 Å². The van der Waals surface area contributed by atoms with E-state index in [-0.39, 0.29) is 6.04 Å². The van der Waals surface area contributed by atoms with Crippen molar-refractivity contribution in [2.24, 2.45) is 0 Å². The highest BCUT2D eigenvalue weighted by Crippen LogP contribution is 2.34. The fourth-order valence-electron chi connectivity index (χ4n) is 4.21. The third-order valence-corrected chi connectivity index (χ3v) is 6.14. The molecule has 2 aromatic heterocycles. The Morgan fingerprint density at radius 3 is 2.62 bits per heavy atom. The molecule has 9 nitrogen and oxygen atoms in total. The van der Waals surface area contributed by atoms with Crippen LogP contribution in [0.4, 0.5) is 5.82 Å². The normalized spacial score (nSPS) is 17.3. The van der Waals surface area contributed by atoms with Gasteiger partial charge in [-0.25, -0.2) is 18.9 Å². The molecule has 0 bridgehead atoms. The highest BCUT2D eigenvalue weighted by molar-refractivity contribution is 7.82. The zero-order chi connectivity index (χ0) is 23.5. The fourth-order valence-corrected chi connectivity index (χ4v) is 4.49. The van der Waals surface area contributed by atoms with Crippen molar-refractivity contribution in [3.05, 3.63) is 72.5 Å². The number of hydrogen-bond donors (Lipinski definition) is 2. The molecule has 10 heteroatoms. The topological polar surface area (TPSA) is 119 Å². The van der Waals surface area contributed by atoms with E-state index in [1.165, 1.54) is 11.7 Å². The Balaban J connectivity index is 1.47. The average molecular weight is 477 g/mol. The number of rotatable bonds is 6. The number of para-hydroxylation sites is 1. The number of nitrogens with two attached hydrogens (primary N) is 1. The molecule has 2 unspecified atom stereocenters. The van der Waals surface area contributed by atoms with Crippen molar-refractivity contribution in [1.29, 1.82) is 0 Å². The fraction of sp³-hybridized carbons (Fsp3) is 0.208. The quantitative estimate of drug-likeness (QED) is 0.398. The molecule has 34 heavy (non-hydrogen) atoms. The van der Waals surface area contributed by atoms with E-state index >= 15 is 0 Å². The molecular formula is C24H24N6O3S. The van der Waals surface area contributed by atoms with Crippen LogP contribution < -0.4 is 10.5 Å². The highest BCUT2D eigenvalue weighted by Gasteiger charge is 2.25. The molecule has 1 aliphatic heterocycles. The van der Waals surface area contributed by atoms with Crippen molar-refractivity contribution in [3.63, 3.8) is 0 Å².